The van der Waals surface area contributed by atoms with Crippen molar-refractivity contribution in [2.75, 3.05) is 0 Å². The van der Waals surface area contributed by atoms with Gasteiger partial charge < -0.3 is 4.18 Å². The van der Waals surface area contributed by atoms with E-state index in [1.165, 1.54) is 30.3 Å². The standard InChI is InChI=1S/C24H15Cl4NO5S2/c1-13-5-7-15(8-6-13)36(32,33)34-22-19(27)9-14(10-20(22)28)11-21-23(30)29(24(31)35-21)12-16-17(25)3-2-4-18(16)26/h2-11H,12H2,1H3/b21-11-. The quantitative estimate of drug-likeness (QED) is 0.213. The van der Waals surface area contributed by atoms with Crippen molar-refractivity contribution in [2.24, 2.45) is 0 Å². The van der Waals surface area contributed by atoms with Crippen LogP contribution in [0.3, 0.4) is 0 Å². The lowest BCUT2D eigenvalue weighted by Crippen LogP contribution is -2.27. The first kappa shape index (κ1) is 26.9. The van der Waals surface area contributed by atoms with E-state index in [-0.39, 0.29) is 32.1 Å². The van der Waals surface area contributed by atoms with Crippen molar-refractivity contribution in [1.29, 1.82) is 0 Å². The molecule has 1 fully saturated rings. The molecule has 0 N–H and O–H groups in total. The van der Waals surface area contributed by atoms with Crippen molar-refractivity contribution in [3.05, 3.63) is 96.3 Å². The molecule has 0 bridgehead atoms. The first-order valence-electron chi connectivity index (χ1n) is 10.1. The van der Waals surface area contributed by atoms with E-state index in [9.17, 15) is 18.0 Å². The summed E-state index contributed by atoms with van der Waals surface area (Å²) in [6.45, 7) is 1.73. The highest BCUT2D eigenvalue weighted by Gasteiger charge is 2.36. The van der Waals surface area contributed by atoms with Crippen molar-refractivity contribution >= 4 is 85.5 Å². The number of thioether (sulfide) groups is 1. The minimum absolute atomic E-state index is 0.0587. The Morgan fingerprint density at radius 3 is 2.08 bits per heavy atom. The predicted octanol–water partition coefficient (Wildman–Crippen LogP) is 7.61. The lowest BCUT2D eigenvalue weighted by molar-refractivity contribution is -0.123. The van der Waals surface area contributed by atoms with Gasteiger partial charge in [0.15, 0.2) is 5.75 Å². The molecule has 0 aromatic heterocycles. The second-order valence-corrected chi connectivity index (χ2v) is 11.8. The molecule has 1 saturated heterocycles. The molecule has 0 unspecified atom stereocenters. The minimum Gasteiger partial charge on any atom is -0.376 e. The monoisotopic (exact) mass is 601 g/mol. The molecule has 0 aliphatic carbocycles. The molecule has 0 atom stereocenters. The van der Waals surface area contributed by atoms with E-state index in [2.05, 4.69) is 0 Å². The van der Waals surface area contributed by atoms with Crippen LogP contribution >= 0.6 is 58.2 Å². The summed E-state index contributed by atoms with van der Waals surface area (Å²) in [6.07, 6.45) is 1.43. The largest absolute Gasteiger partial charge is 0.376 e. The number of benzene rings is 3. The van der Waals surface area contributed by atoms with E-state index in [0.29, 0.717) is 21.2 Å². The van der Waals surface area contributed by atoms with Crippen LogP contribution in [-0.2, 0) is 21.5 Å². The summed E-state index contributed by atoms with van der Waals surface area (Å²) < 4.78 is 30.5. The van der Waals surface area contributed by atoms with Gasteiger partial charge in [0.2, 0.25) is 0 Å². The van der Waals surface area contributed by atoms with Gasteiger partial charge in [-0.3, -0.25) is 14.5 Å². The van der Waals surface area contributed by atoms with Crippen LogP contribution in [-0.4, -0.2) is 24.5 Å². The van der Waals surface area contributed by atoms with Gasteiger partial charge in [0.1, 0.15) is 4.90 Å². The number of hydrogen-bond donors (Lipinski definition) is 0. The van der Waals surface area contributed by atoms with Gasteiger partial charge in [0.05, 0.1) is 21.5 Å². The zero-order valence-corrected chi connectivity index (χ0v) is 23.0. The molecule has 1 heterocycles. The first-order chi connectivity index (χ1) is 17.0. The van der Waals surface area contributed by atoms with Crippen molar-refractivity contribution in [3.8, 4) is 5.75 Å². The van der Waals surface area contributed by atoms with Gasteiger partial charge >= 0.3 is 10.1 Å². The van der Waals surface area contributed by atoms with Crippen LogP contribution in [0, 0.1) is 6.92 Å². The number of hydrogen-bond acceptors (Lipinski definition) is 6. The smallest absolute Gasteiger partial charge is 0.339 e. The Morgan fingerprint density at radius 1 is 0.917 bits per heavy atom. The van der Waals surface area contributed by atoms with E-state index >= 15 is 0 Å². The van der Waals surface area contributed by atoms with Gasteiger partial charge in [-0.1, -0.05) is 70.2 Å². The second-order valence-electron chi connectivity index (χ2n) is 7.63. The molecule has 3 aromatic carbocycles. The summed E-state index contributed by atoms with van der Waals surface area (Å²) in [7, 11) is -4.19. The maximum atomic E-state index is 12.9. The topological polar surface area (TPSA) is 80.8 Å². The molecule has 0 spiro atoms. The van der Waals surface area contributed by atoms with Crippen LogP contribution in [0.1, 0.15) is 16.7 Å². The van der Waals surface area contributed by atoms with E-state index in [0.717, 1.165) is 22.2 Å². The highest BCUT2D eigenvalue weighted by atomic mass is 35.5. The molecule has 12 heteroatoms. The molecule has 4 rings (SSSR count). The highest BCUT2D eigenvalue weighted by molar-refractivity contribution is 8.18. The highest BCUT2D eigenvalue weighted by Crippen LogP contribution is 2.39. The van der Waals surface area contributed by atoms with Crippen LogP contribution in [0.15, 0.2) is 64.4 Å². The maximum absolute atomic E-state index is 12.9. The van der Waals surface area contributed by atoms with Gasteiger partial charge in [-0.05, 0) is 66.7 Å². The van der Waals surface area contributed by atoms with Crippen LogP contribution in [0.4, 0.5) is 4.79 Å². The van der Waals surface area contributed by atoms with Crippen molar-refractivity contribution in [1.82, 2.24) is 4.90 Å². The molecule has 6 nitrogen and oxygen atoms in total. The second kappa shape index (κ2) is 10.7. The van der Waals surface area contributed by atoms with Gasteiger partial charge in [-0.25, -0.2) is 0 Å². The van der Waals surface area contributed by atoms with Crippen molar-refractivity contribution < 1.29 is 22.2 Å². The maximum Gasteiger partial charge on any atom is 0.339 e. The normalized spacial score (nSPS) is 15.1. The third-order valence-corrected chi connectivity index (χ3v) is 8.49. The number of halogens is 4. The third-order valence-electron chi connectivity index (χ3n) is 5.07. The number of amides is 2. The molecule has 3 aromatic rings. The van der Waals surface area contributed by atoms with Crippen LogP contribution in [0.5, 0.6) is 5.75 Å². The van der Waals surface area contributed by atoms with E-state index in [1.54, 1.807) is 30.3 Å². The summed E-state index contributed by atoms with van der Waals surface area (Å²) in [5.74, 6) is -0.798. The van der Waals surface area contributed by atoms with Gasteiger partial charge in [0, 0.05) is 15.6 Å². The Labute approximate surface area is 231 Å². The fourth-order valence-electron chi connectivity index (χ4n) is 3.23. The number of rotatable bonds is 6. The molecule has 36 heavy (non-hydrogen) atoms. The summed E-state index contributed by atoms with van der Waals surface area (Å²) in [5, 5.41) is -0.0119. The van der Waals surface area contributed by atoms with Crippen LogP contribution < -0.4 is 4.18 Å². The SMILES string of the molecule is Cc1ccc(S(=O)(=O)Oc2c(Cl)cc(/C=C3\SC(=O)N(Cc4c(Cl)cccc4Cl)C3=O)cc2Cl)cc1. The molecule has 1 aliphatic heterocycles. The molecule has 186 valence electrons. The number of aryl methyl sites for hydroxylation is 1. The Balaban J connectivity index is 1.58. The lowest BCUT2D eigenvalue weighted by atomic mass is 10.2. The predicted molar refractivity (Wildman–Crippen MR) is 143 cm³/mol. The van der Waals surface area contributed by atoms with Gasteiger partial charge in [-0.2, -0.15) is 8.42 Å². The molecular weight excluding hydrogens is 588 g/mol. The third kappa shape index (κ3) is 5.69. The van der Waals surface area contributed by atoms with Crippen molar-refractivity contribution in [3.63, 3.8) is 0 Å². The number of nitrogens with zero attached hydrogens (tertiary/aromatic N) is 1. The van der Waals surface area contributed by atoms with E-state index in [1.807, 2.05) is 6.92 Å². The average Bonchev–Trinajstić information content (AvgIpc) is 3.06. The average molecular weight is 603 g/mol. The molecule has 2 amide bonds. The van der Waals surface area contributed by atoms with Crippen molar-refractivity contribution in [2.45, 2.75) is 18.4 Å². The van der Waals surface area contributed by atoms with Gasteiger partial charge in [0.25, 0.3) is 11.1 Å². The zero-order valence-electron chi connectivity index (χ0n) is 18.3. The summed E-state index contributed by atoms with van der Waals surface area (Å²) in [4.78, 5) is 26.5. The molecule has 1 aliphatic rings. The lowest BCUT2D eigenvalue weighted by Gasteiger charge is -2.14. The fourth-order valence-corrected chi connectivity index (χ4v) is 6.23. The van der Waals surface area contributed by atoms with Crippen LogP contribution in [0.25, 0.3) is 6.08 Å². The number of carbonyl (C=O) groups is 2. The Kier molecular flexibility index (Phi) is 7.95. The fraction of sp³-hybridized carbons (Fsp3) is 0.0833. The summed E-state index contributed by atoms with van der Waals surface area (Å²) >= 11 is 25.6. The summed E-state index contributed by atoms with van der Waals surface area (Å²) in [5.41, 5.74) is 1.70. The van der Waals surface area contributed by atoms with E-state index in [4.69, 9.17) is 50.6 Å². The number of imide groups is 1. The van der Waals surface area contributed by atoms with E-state index < -0.39 is 21.3 Å². The zero-order chi connectivity index (χ0) is 26.2. The molecule has 0 saturated carbocycles. The Bertz CT molecular complexity index is 1480. The number of carbonyl (C=O) groups excluding carboxylic acids is 2. The van der Waals surface area contributed by atoms with Crippen LogP contribution in [0.2, 0.25) is 20.1 Å². The Hall–Kier alpha value is -2.20. The van der Waals surface area contributed by atoms with Gasteiger partial charge in [-0.15, -0.1) is 0 Å². The Morgan fingerprint density at radius 2 is 1.50 bits per heavy atom. The minimum atomic E-state index is -4.19. The molecular formula is C24H15Cl4NO5S2. The summed E-state index contributed by atoms with van der Waals surface area (Å²) in [6, 6.07) is 13.7. The molecule has 0 radical (unpaired) electrons. The first-order valence-corrected chi connectivity index (χ1v) is 13.9.